The second-order valence-electron chi connectivity index (χ2n) is 4.40. The molecule has 0 aliphatic heterocycles. The Hall–Kier alpha value is -0.520. The van der Waals surface area contributed by atoms with Gasteiger partial charge in [0.15, 0.2) is 0 Å². The van der Waals surface area contributed by atoms with Gasteiger partial charge in [-0.2, -0.15) is 0 Å². The number of carbonyl (C=O) groups excluding carboxylic acids is 2. The summed E-state index contributed by atoms with van der Waals surface area (Å²) in [6.45, 7) is 0. The van der Waals surface area contributed by atoms with Gasteiger partial charge in [-0.25, -0.2) is 18.0 Å². The van der Waals surface area contributed by atoms with Crippen molar-refractivity contribution in [2.45, 2.75) is 4.90 Å². The second kappa shape index (κ2) is 8.45. The van der Waals surface area contributed by atoms with Crippen molar-refractivity contribution in [3.05, 3.63) is 47.1 Å². The van der Waals surface area contributed by atoms with Crippen LogP contribution in [0.4, 0.5) is 0 Å². The van der Waals surface area contributed by atoms with Gasteiger partial charge in [-0.05, 0) is 104 Å². The second-order valence-corrected chi connectivity index (χ2v) is 9.29. The van der Waals surface area contributed by atoms with Crippen LogP contribution >= 0.6 is 67.8 Å². The fourth-order valence-electron chi connectivity index (χ4n) is 1.63. The minimum absolute atomic E-state index is 0.0771. The highest BCUT2D eigenvalue weighted by atomic mass is 127. The summed E-state index contributed by atoms with van der Waals surface area (Å²) < 4.78 is 44.4. The van der Waals surface area contributed by atoms with Crippen LogP contribution in [0.1, 0.15) is 0 Å². The highest BCUT2D eigenvalue weighted by Gasteiger charge is 2.21. The molecule has 25 heavy (non-hydrogen) atoms. The molecule has 0 N–H and O–H groups in total. The zero-order valence-electron chi connectivity index (χ0n) is 11.9. The third-order valence-electron chi connectivity index (χ3n) is 2.62. The van der Waals surface area contributed by atoms with Gasteiger partial charge < -0.3 is 14.0 Å². The van der Waals surface area contributed by atoms with Crippen LogP contribution in [0.2, 0.25) is 0 Å². The first kappa shape index (κ1) is 20.8. The summed E-state index contributed by atoms with van der Waals surface area (Å²) in [5.41, 5.74) is 0. The molecule has 0 saturated carbocycles. The number of rotatable bonds is 3. The lowest BCUT2D eigenvalue weighted by molar-refractivity contribution is -0.156. The van der Waals surface area contributed by atoms with Gasteiger partial charge in [-0.15, -0.1) is 0 Å². The summed E-state index contributed by atoms with van der Waals surface area (Å²) in [6, 6.07) is 8.77. The molecule has 0 spiro atoms. The highest BCUT2D eigenvalue weighted by Crippen LogP contribution is 2.29. The van der Waals surface area contributed by atoms with Gasteiger partial charge in [-0.3, -0.25) is 0 Å². The molecule has 0 saturated heterocycles. The first-order valence-electron chi connectivity index (χ1n) is 6.22. The van der Waals surface area contributed by atoms with Gasteiger partial charge >= 0.3 is 11.9 Å². The van der Waals surface area contributed by atoms with E-state index in [2.05, 4.69) is 22.6 Å². The van der Waals surface area contributed by atoms with Gasteiger partial charge in [0.05, 0.1) is 4.90 Å². The van der Waals surface area contributed by atoms with Crippen LogP contribution in [0.5, 0.6) is 11.5 Å². The van der Waals surface area contributed by atoms with E-state index in [0.717, 1.165) is 3.57 Å². The molecule has 0 aliphatic carbocycles. The van der Waals surface area contributed by atoms with Gasteiger partial charge in [0.2, 0.25) is 0 Å². The zero-order valence-corrected chi connectivity index (χ0v) is 19.2. The normalized spacial score (nSPS) is 11.0. The van der Waals surface area contributed by atoms with E-state index in [0.29, 0.717) is 0 Å². The number of carbonyl (C=O) groups is 2. The summed E-state index contributed by atoms with van der Waals surface area (Å²) in [6.07, 6.45) is 0. The minimum atomic E-state index is -4.67. The van der Waals surface area contributed by atoms with Crippen LogP contribution in [0.15, 0.2) is 41.3 Å². The maximum absolute atomic E-state index is 11.8. The topological polar surface area (TPSA) is 110 Å². The van der Waals surface area contributed by atoms with Crippen molar-refractivity contribution in [1.29, 1.82) is 0 Å². The largest absolute Gasteiger partial charge is 0.744 e. The van der Waals surface area contributed by atoms with Gasteiger partial charge in [0, 0.05) is 10.7 Å². The Balaban J connectivity index is 2.15. The maximum atomic E-state index is 11.8. The van der Waals surface area contributed by atoms with Crippen LogP contribution < -0.4 is 9.47 Å². The summed E-state index contributed by atoms with van der Waals surface area (Å²) >= 11 is 5.34. The molecule has 2 aromatic rings. The number of benzene rings is 2. The molecule has 0 aliphatic rings. The first-order chi connectivity index (χ1) is 11.6. The monoisotopic (exact) mass is 699 g/mol. The van der Waals surface area contributed by atoms with Gasteiger partial charge in [0.1, 0.15) is 21.6 Å². The van der Waals surface area contributed by atoms with E-state index < -0.39 is 27.0 Å². The lowest BCUT2D eigenvalue weighted by Gasteiger charge is -2.13. The van der Waals surface area contributed by atoms with E-state index in [1.165, 1.54) is 24.3 Å². The molecule has 0 bridgehead atoms. The quantitative estimate of drug-likeness (QED) is 0.160. The van der Waals surface area contributed by atoms with Crippen LogP contribution in [0.3, 0.4) is 0 Å². The molecule has 0 radical (unpaired) electrons. The Morgan fingerprint density at radius 2 is 1.28 bits per heavy atom. The van der Waals surface area contributed by atoms with Gasteiger partial charge in [-0.1, -0.05) is 0 Å². The molecule has 2 rings (SSSR count). The Kier molecular flexibility index (Phi) is 7.02. The average Bonchev–Trinajstić information content (AvgIpc) is 2.47. The molecule has 132 valence electrons. The van der Waals surface area contributed by atoms with Crippen molar-refractivity contribution in [3.8, 4) is 11.5 Å². The minimum Gasteiger partial charge on any atom is -0.744 e. The van der Waals surface area contributed by atoms with Crippen molar-refractivity contribution in [1.82, 2.24) is 0 Å². The van der Waals surface area contributed by atoms with Crippen molar-refractivity contribution < 1.29 is 32.0 Å². The third-order valence-corrected chi connectivity index (χ3v) is 6.72. The van der Waals surface area contributed by atoms with E-state index >= 15 is 0 Å². The van der Waals surface area contributed by atoms with E-state index in [9.17, 15) is 22.6 Å². The average molecular weight is 699 g/mol. The van der Waals surface area contributed by atoms with Crippen LogP contribution in [-0.4, -0.2) is 24.9 Å². The predicted molar refractivity (Wildman–Crippen MR) is 110 cm³/mol. The molecule has 0 heterocycles. The standard InChI is InChI=1S/C14H7I3O7S/c15-7-1-3-8(4-2-7)23-13(18)14(19)24-9-5-10(16)12(11(17)6-9)25(20,21)22/h1-6H,(H,20,21,22)/p-1. The predicted octanol–water partition coefficient (Wildman–Crippen LogP) is 2.92. The molecule has 0 amide bonds. The molecule has 0 aromatic heterocycles. The molecular weight excluding hydrogens is 693 g/mol. The SMILES string of the molecule is O=C(Oc1ccc(I)cc1)C(=O)Oc1cc(I)c(S(=O)(=O)[O-])c(I)c1. The number of hydrogen-bond donors (Lipinski definition) is 0. The van der Waals surface area contributed by atoms with Crippen molar-refractivity contribution in [2.24, 2.45) is 0 Å². The molecule has 0 atom stereocenters. The Labute approximate surface area is 183 Å². The Morgan fingerprint density at radius 1 is 0.840 bits per heavy atom. The lowest BCUT2D eigenvalue weighted by Crippen LogP contribution is -2.25. The first-order valence-corrected chi connectivity index (χ1v) is 10.9. The van der Waals surface area contributed by atoms with E-state index in [1.54, 1.807) is 57.3 Å². The summed E-state index contributed by atoms with van der Waals surface area (Å²) in [5, 5.41) is 0. The Morgan fingerprint density at radius 3 is 1.72 bits per heavy atom. The Bertz CT molecular complexity index is 916. The van der Waals surface area contributed by atoms with E-state index in [4.69, 9.17) is 9.47 Å². The molecule has 7 nitrogen and oxygen atoms in total. The molecule has 0 unspecified atom stereocenters. The van der Waals surface area contributed by atoms with Crippen LogP contribution in [0.25, 0.3) is 0 Å². The number of ether oxygens (including phenoxy) is 2. The van der Waals surface area contributed by atoms with Gasteiger partial charge in [0.25, 0.3) is 0 Å². The number of halogens is 3. The fraction of sp³-hybridized carbons (Fsp3) is 0. The third kappa shape index (κ3) is 5.73. The lowest BCUT2D eigenvalue weighted by atomic mass is 10.3. The number of esters is 2. The molecule has 0 fully saturated rings. The molecule has 2 aromatic carbocycles. The molecule has 11 heteroatoms. The summed E-state index contributed by atoms with van der Waals surface area (Å²) in [5.74, 6) is -2.40. The van der Waals surface area contributed by atoms with Crippen molar-refractivity contribution in [2.75, 3.05) is 0 Å². The van der Waals surface area contributed by atoms with Crippen LogP contribution in [0, 0.1) is 10.7 Å². The molecular formula is C14H6I3O7S-. The van der Waals surface area contributed by atoms with Crippen molar-refractivity contribution >= 4 is 89.8 Å². The van der Waals surface area contributed by atoms with E-state index in [-0.39, 0.29) is 18.6 Å². The van der Waals surface area contributed by atoms with E-state index in [1.807, 2.05) is 0 Å². The summed E-state index contributed by atoms with van der Waals surface area (Å²) in [4.78, 5) is 23.1. The number of hydrogen-bond acceptors (Lipinski definition) is 7. The maximum Gasteiger partial charge on any atom is 0.423 e. The van der Waals surface area contributed by atoms with Crippen molar-refractivity contribution in [3.63, 3.8) is 0 Å². The fourth-order valence-corrected chi connectivity index (χ4v) is 5.92. The smallest absolute Gasteiger partial charge is 0.423 e. The summed E-state index contributed by atoms with van der Waals surface area (Å²) in [7, 11) is -4.67. The highest BCUT2D eigenvalue weighted by molar-refractivity contribution is 14.1. The zero-order chi connectivity index (χ0) is 18.8. The van der Waals surface area contributed by atoms with Crippen LogP contribution in [-0.2, 0) is 19.7 Å².